The van der Waals surface area contributed by atoms with Crippen LogP contribution in [0.2, 0.25) is 5.02 Å². The van der Waals surface area contributed by atoms with Crippen LogP contribution in [-0.4, -0.2) is 44.2 Å². The van der Waals surface area contributed by atoms with Crippen LogP contribution in [0.3, 0.4) is 0 Å². The van der Waals surface area contributed by atoms with Crippen molar-refractivity contribution in [3.05, 3.63) is 52.4 Å². The number of aromatic amines is 1. The molecule has 8 heteroatoms. The van der Waals surface area contributed by atoms with E-state index in [-0.39, 0.29) is 6.04 Å². The van der Waals surface area contributed by atoms with Crippen molar-refractivity contribution in [3.63, 3.8) is 0 Å². The van der Waals surface area contributed by atoms with Gasteiger partial charge in [-0.25, -0.2) is 4.98 Å². The summed E-state index contributed by atoms with van der Waals surface area (Å²) >= 11 is 7.45. The summed E-state index contributed by atoms with van der Waals surface area (Å²) in [4.78, 5) is 10.3. The molecule has 6 nitrogen and oxygen atoms in total. The molecule has 1 fully saturated rings. The number of rotatable bonds is 4. The summed E-state index contributed by atoms with van der Waals surface area (Å²) in [6.07, 6.45) is 1.85. The number of benzene rings is 1. The molecule has 124 valence electrons. The van der Waals surface area contributed by atoms with Gasteiger partial charge >= 0.3 is 0 Å². The van der Waals surface area contributed by atoms with Crippen molar-refractivity contribution < 1.29 is 4.74 Å². The second kappa shape index (κ2) is 6.98. The average molecular weight is 362 g/mol. The zero-order valence-corrected chi connectivity index (χ0v) is 14.4. The van der Waals surface area contributed by atoms with Crippen LogP contribution in [0.5, 0.6) is 0 Å². The number of aromatic nitrogens is 4. The van der Waals surface area contributed by atoms with Gasteiger partial charge in [0.15, 0.2) is 0 Å². The maximum atomic E-state index is 6.08. The molecule has 3 heterocycles. The molecular formula is C16H16ClN5OS. The van der Waals surface area contributed by atoms with Gasteiger partial charge in [-0.3, -0.25) is 4.90 Å². The molecule has 0 saturated carbocycles. The molecule has 1 aliphatic heterocycles. The molecule has 0 unspecified atom stereocenters. The Kier molecular flexibility index (Phi) is 4.57. The molecule has 1 N–H and O–H groups in total. The summed E-state index contributed by atoms with van der Waals surface area (Å²) in [7, 11) is 0. The summed E-state index contributed by atoms with van der Waals surface area (Å²) in [6.45, 7) is 2.92. The molecular weight excluding hydrogens is 346 g/mol. The molecule has 0 amide bonds. The number of ether oxygens (including phenoxy) is 1. The number of hydrogen-bond donors (Lipinski definition) is 1. The molecule has 24 heavy (non-hydrogen) atoms. The number of halogens is 1. The van der Waals surface area contributed by atoms with E-state index in [4.69, 9.17) is 16.3 Å². The van der Waals surface area contributed by atoms with Crippen molar-refractivity contribution >= 4 is 23.1 Å². The molecule has 1 atom stereocenters. The van der Waals surface area contributed by atoms with E-state index in [2.05, 4.69) is 24.5 Å². The number of nitrogens with one attached hydrogen (secondary N) is 1. The van der Waals surface area contributed by atoms with Gasteiger partial charge in [0.2, 0.25) is 0 Å². The Morgan fingerprint density at radius 3 is 3.21 bits per heavy atom. The summed E-state index contributed by atoms with van der Waals surface area (Å²) in [6, 6.07) is 7.81. The zero-order chi connectivity index (χ0) is 16.4. The first-order valence-corrected chi connectivity index (χ1v) is 8.89. The van der Waals surface area contributed by atoms with Gasteiger partial charge in [0.1, 0.15) is 5.82 Å². The van der Waals surface area contributed by atoms with E-state index in [0.29, 0.717) is 11.6 Å². The van der Waals surface area contributed by atoms with Crippen molar-refractivity contribution in [1.82, 2.24) is 24.5 Å². The molecule has 1 saturated heterocycles. The molecule has 3 aromatic rings. The van der Waals surface area contributed by atoms with E-state index in [9.17, 15) is 0 Å². The Morgan fingerprint density at radius 1 is 1.42 bits per heavy atom. The van der Waals surface area contributed by atoms with Crippen LogP contribution in [0.15, 0.2) is 35.8 Å². The molecule has 0 spiro atoms. The van der Waals surface area contributed by atoms with Crippen molar-refractivity contribution in [3.8, 4) is 11.3 Å². The molecule has 1 aromatic carbocycles. The lowest BCUT2D eigenvalue weighted by atomic mass is 10.2. The van der Waals surface area contributed by atoms with Crippen LogP contribution in [-0.2, 0) is 11.3 Å². The van der Waals surface area contributed by atoms with Crippen LogP contribution in [0.1, 0.15) is 17.6 Å². The summed E-state index contributed by atoms with van der Waals surface area (Å²) in [5.74, 6) is 0.896. The Bertz CT molecular complexity index is 806. The van der Waals surface area contributed by atoms with Crippen LogP contribution < -0.4 is 0 Å². The summed E-state index contributed by atoms with van der Waals surface area (Å²) in [5, 5.41) is 6.83. The lowest BCUT2D eigenvalue weighted by molar-refractivity contribution is -0.0161. The van der Waals surface area contributed by atoms with E-state index in [1.54, 1.807) is 0 Å². The minimum atomic E-state index is 0.0772. The first kappa shape index (κ1) is 15.7. The van der Waals surface area contributed by atoms with Gasteiger partial charge < -0.3 is 9.72 Å². The maximum absolute atomic E-state index is 6.08. The first-order chi connectivity index (χ1) is 11.8. The fourth-order valence-electron chi connectivity index (χ4n) is 2.85. The third kappa shape index (κ3) is 3.34. The quantitative estimate of drug-likeness (QED) is 0.773. The zero-order valence-electron chi connectivity index (χ0n) is 12.9. The Hall–Kier alpha value is -1.80. The van der Waals surface area contributed by atoms with Gasteiger partial charge in [-0.2, -0.15) is 0 Å². The number of H-pyrrole nitrogens is 1. The van der Waals surface area contributed by atoms with E-state index >= 15 is 0 Å². The van der Waals surface area contributed by atoms with Crippen molar-refractivity contribution in [2.75, 3.05) is 19.8 Å². The summed E-state index contributed by atoms with van der Waals surface area (Å²) in [5.41, 5.74) is 2.95. The van der Waals surface area contributed by atoms with Crippen LogP contribution >= 0.6 is 23.1 Å². The fraction of sp³-hybridized carbons (Fsp3) is 0.312. The highest BCUT2D eigenvalue weighted by Gasteiger charge is 2.27. The number of nitrogens with zero attached hydrogens (tertiary/aromatic N) is 4. The van der Waals surface area contributed by atoms with Crippen molar-refractivity contribution in [2.24, 2.45) is 0 Å². The number of morpholine rings is 1. The van der Waals surface area contributed by atoms with Gasteiger partial charge in [-0.1, -0.05) is 28.2 Å². The van der Waals surface area contributed by atoms with Crippen LogP contribution in [0.25, 0.3) is 11.3 Å². The molecule has 4 rings (SSSR count). The first-order valence-electron chi connectivity index (χ1n) is 7.68. The average Bonchev–Trinajstić information content (AvgIpc) is 3.27. The highest BCUT2D eigenvalue weighted by molar-refractivity contribution is 7.03. The topological polar surface area (TPSA) is 66.9 Å². The Balaban J connectivity index is 1.57. The maximum Gasteiger partial charge on any atom is 0.126 e. The smallest absolute Gasteiger partial charge is 0.126 e. The normalized spacial score (nSPS) is 18.8. The lowest BCUT2D eigenvalue weighted by Crippen LogP contribution is -2.39. The second-order valence-electron chi connectivity index (χ2n) is 5.65. The van der Waals surface area contributed by atoms with E-state index in [1.807, 2.05) is 35.8 Å². The predicted molar refractivity (Wildman–Crippen MR) is 92.9 cm³/mol. The van der Waals surface area contributed by atoms with Gasteiger partial charge in [0, 0.05) is 29.1 Å². The SMILES string of the molecule is Clc1cccc(-c2cnc([C@@H]3COCCN3Cc3csnn3)[nH]2)c1. The van der Waals surface area contributed by atoms with Crippen molar-refractivity contribution in [1.29, 1.82) is 0 Å². The predicted octanol–water partition coefficient (Wildman–Crippen LogP) is 3.16. The molecule has 0 bridgehead atoms. The highest BCUT2D eigenvalue weighted by Crippen LogP contribution is 2.27. The lowest BCUT2D eigenvalue weighted by Gasteiger charge is -2.33. The van der Waals surface area contributed by atoms with E-state index < -0.39 is 0 Å². The van der Waals surface area contributed by atoms with Crippen LogP contribution in [0, 0.1) is 0 Å². The number of imidazole rings is 1. The number of hydrogen-bond acceptors (Lipinski definition) is 6. The third-order valence-corrected chi connectivity index (χ3v) is 4.84. The van der Waals surface area contributed by atoms with E-state index in [1.165, 1.54) is 11.5 Å². The van der Waals surface area contributed by atoms with Crippen LogP contribution in [0.4, 0.5) is 0 Å². The third-order valence-electron chi connectivity index (χ3n) is 4.06. The molecule has 0 radical (unpaired) electrons. The molecule has 1 aliphatic rings. The largest absolute Gasteiger partial charge is 0.378 e. The van der Waals surface area contributed by atoms with Gasteiger partial charge in [-0.15, -0.1) is 5.10 Å². The highest BCUT2D eigenvalue weighted by atomic mass is 35.5. The Morgan fingerprint density at radius 2 is 2.38 bits per heavy atom. The standard InChI is InChI=1S/C16H16ClN5OS/c17-12-3-1-2-11(6-12)14-7-18-16(19-14)15-9-23-5-4-22(15)8-13-10-24-21-20-13/h1-3,6-7,10,15H,4-5,8-9H2,(H,18,19)/t15-/m0/s1. The van der Waals surface area contributed by atoms with Gasteiger partial charge in [0.25, 0.3) is 0 Å². The van der Waals surface area contributed by atoms with Gasteiger partial charge in [0.05, 0.1) is 36.8 Å². The Labute approximate surface area is 148 Å². The minimum absolute atomic E-state index is 0.0772. The monoisotopic (exact) mass is 361 g/mol. The second-order valence-corrected chi connectivity index (χ2v) is 6.70. The molecule has 0 aliphatic carbocycles. The fourth-order valence-corrected chi connectivity index (χ4v) is 3.48. The summed E-state index contributed by atoms with van der Waals surface area (Å²) < 4.78 is 9.60. The van der Waals surface area contributed by atoms with E-state index in [0.717, 1.165) is 42.5 Å². The molecule has 2 aromatic heterocycles. The van der Waals surface area contributed by atoms with Gasteiger partial charge in [-0.05, 0) is 23.7 Å². The van der Waals surface area contributed by atoms with Crippen molar-refractivity contribution in [2.45, 2.75) is 12.6 Å². The minimum Gasteiger partial charge on any atom is -0.378 e.